The third-order valence-electron chi connectivity index (χ3n) is 3.40. The summed E-state index contributed by atoms with van der Waals surface area (Å²) in [5.74, 6) is 0. The van der Waals surface area contributed by atoms with Gasteiger partial charge in [-0.05, 0) is 50.6 Å². The summed E-state index contributed by atoms with van der Waals surface area (Å²) >= 11 is 0. The lowest BCUT2D eigenvalue weighted by molar-refractivity contribution is 0.242. The average molecular weight is 313 g/mol. The lowest BCUT2D eigenvalue weighted by atomic mass is 9.93. The topological polar surface area (TPSA) is 75.4 Å². The van der Waals surface area contributed by atoms with Crippen LogP contribution in [0.1, 0.15) is 25.0 Å². The first-order valence-electron chi connectivity index (χ1n) is 6.96. The van der Waals surface area contributed by atoms with Crippen LogP contribution >= 0.6 is 0 Å². The Hall–Kier alpha value is -1.11. The van der Waals surface area contributed by atoms with E-state index >= 15 is 0 Å². The van der Waals surface area contributed by atoms with E-state index in [4.69, 9.17) is 5.73 Å². The fourth-order valence-electron chi connectivity index (χ4n) is 2.53. The largest absolute Gasteiger partial charge is 0.398 e. The average Bonchev–Trinajstić information content (AvgIpc) is 2.30. The van der Waals surface area contributed by atoms with E-state index in [9.17, 15) is 8.42 Å². The first kappa shape index (κ1) is 17.9. The molecule has 6 heteroatoms. The van der Waals surface area contributed by atoms with Gasteiger partial charge in [-0.2, -0.15) is 0 Å². The molecule has 1 rings (SSSR count). The second-order valence-corrected chi connectivity index (χ2v) is 8.36. The van der Waals surface area contributed by atoms with Crippen LogP contribution in [-0.2, 0) is 10.0 Å². The monoisotopic (exact) mass is 313 g/mol. The summed E-state index contributed by atoms with van der Waals surface area (Å²) in [6.07, 6.45) is 0. The number of nitrogens with one attached hydrogen (secondary N) is 1. The summed E-state index contributed by atoms with van der Waals surface area (Å²) in [4.78, 5) is 2.34. The van der Waals surface area contributed by atoms with Crippen molar-refractivity contribution in [1.82, 2.24) is 9.62 Å². The van der Waals surface area contributed by atoms with Gasteiger partial charge in [0.1, 0.15) is 0 Å². The molecule has 0 aromatic heterocycles. The Labute approximate surface area is 128 Å². The van der Waals surface area contributed by atoms with Crippen molar-refractivity contribution in [3.63, 3.8) is 0 Å². The SMILES string of the molecule is Cc1ccc(N)c(C)c1S(=O)(=O)NCC(C)(C)CN(C)C. The highest BCUT2D eigenvalue weighted by molar-refractivity contribution is 7.89. The van der Waals surface area contributed by atoms with Crippen molar-refractivity contribution < 1.29 is 8.42 Å². The summed E-state index contributed by atoms with van der Waals surface area (Å²) in [7, 11) is 0.388. The molecule has 5 nitrogen and oxygen atoms in total. The van der Waals surface area contributed by atoms with Crippen LogP contribution in [0, 0.1) is 19.3 Å². The molecule has 0 saturated heterocycles. The van der Waals surface area contributed by atoms with E-state index in [1.54, 1.807) is 26.0 Å². The Morgan fingerprint density at radius 2 is 1.81 bits per heavy atom. The Kier molecular flexibility index (Phi) is 5.41. The Bertz CT molecular complexity index is 608. The highest BCUT2D eigenvalue weighted by Crippen LogP contribution is 2.25. The van der Waals surface area contributed by atoms with Gasteiger partial charge in [-0.3, -0.25) is 0 Å². The second-order valence-electron chi connectivity index (χ2n) is 6.65. The van der Waals surface area contributed by atoms with E-state index in [1.165, 1.54) is 0 Å². The van der Waals surface area contributed by atoms with Gasteiger partial charge in [-0.1, -0.05) is 19.9 Å². The lowest BCUT2D eigenvalue weighted by Gasteiger charge is -2.28. The molecule has 0 fully saturated rings. The van der Waals surface area contributed by atoms with Gasteiger partial charge in [-0.15, -0.1) is 0 Å². The van der Waals surface area contributed by atoms with Crippen LogP contribution in [0.2, 0.25) is 0 Å². The van der Waals surface area contributed by atoms with Gasteiger partial charge in [-0.25, -0.2) is 13.1 Å². The number of hydrogen-bond acceptors (Lipinski definition) is 4. The molecule has 0 unspecified atom stereocenters. The highest BCUT2D eigenvalue weighted by atomic mass is 32.2. The van der Waals surface area contributed by atoms with Crippen molar-refractivity contribution in [3.8, 4) is 0 Å². The summed E-state index contributed by atoms with van der Waals surface area (Å²) in [6.45, 7) is 8.77. The Morgan fingerprint density at radius 1 is 1.24 bits per heavy atom. The molecule has 21 heavy (non-hydrogen) atoms. The van der Waals surface area contributed by atoms with E-state index in [1.807, 2.05) is 32.8 Å². The highest BCUT2D eigenvalue weighted by Gasteiger charge is 2.25. The van der Waals surface area contributed by atoms with Crippen LogP contribution in [-0.4, -0.2) is 40.5 Å². The maximum atomic E-state index is 12.6. The van der Waals surface area contributed by atoms with Gasteiger partial charge in [0.25, 0.3) is 0 Å². The molecule has 0 spiro atoms. The van der Waals surface area contributed by atoms with Crippen molar-refractivity contribution in [2.75, 3.05) is 32.9 Å². The molecule has 0 bridgehead atoms. The van der Waals surface area contributed by atoms with E-state index in [-0.39, 0.29) is 5.41 Å². The predicted octanol–water partition coefficient (Wildman–Crippen LogP) is 1.75. The number of rotatable bonds is 6. The fraction of sp³-hybridized carbons (Fsp3) is 0.600. The zero-order valence-electron chi connectivity index (χ0n) is 13.8. The molecular weight excluding hydrogens is 286 g/mol. The third kappa shape index (κ3) is 4.69. The van der Waals surface area contributed by atoms with Crippen LogP contribution < -0.4 is 10.5 Å². The zero-order valence-corrected chi connectivity index (χ0v) is 14.6. The summed E-state index contributed by atoms with van der Waals surface area (Å²) < 4.78 is 27.9. The van der Waals surface area contributed by atoms with Crippen molar-refractivity contribution in [1.29, 1.82) is 0 Å². The first-order valence-corrected chi connectivity index (χ1v) is 8.45. The minimum atomic E-state index is -3.56. The smallest absolute Gasteiger partial charge is 0.241 e. The third-order valence-corrected chi connectivity index (χ3v) is 5.09. The molecule has 0 aliphatic carbocycles. The van der Waals surface area contributed by atoms with Gasteiger partial charge in [0, 0.05) is 18.8 Å². The molecule has 0 atom stereocenters. The molecule has 120 valence electrons. The van der Waals surface area contributed by atoms with Gasteiger partial charge in [0.15, 0.2) is 0 Å². The minimum absolute atomic E-state index is 0.154. The van der Waals surface area contributed by atoms with Crippen LogP contribution in [0.4, 0.5) is 5.69 Å². The van der Waals surface area contributed by atoms with Gasteiger partial charge in [0.05, 0.1) is 4.90 Å². The molecule has 1 aromatic rings. The molecule has 0 aliphatic rings. The first-order chi connectivity index (χ1) is 9.46. The van der Waals surface area contributed by atoms with E-state index < -0.39 is 10.0 Å². The van der Waals surface area contributed by atoms with Crippen molar-refractivity contribution in [3.05, 3.63) is 23.3 Å². The standard InChI is InChI=1S/C15H27N3O2S/c1-11-7-8-13(16)12(2)14(11)21(19,20)17-9-15(3,4)10-18(5)6/h7-8,17H,9-10,16H2,1-6H3. The number of nitrogen functional groups attached to an aromatic ring is 1. The number of aryl methyl sites for hydroxylation is 1. The van der Waals surface area contributed by atoms with E-state index in [2.05, 4.69) is 4.72 Å². The molecular formula is C15H27N3O2S. The molecule has 0 heterocycles. The number of hydrogen-bond donors (Lipinski definition) is 2. The zero-order chi connectivity index (χ0) is 16.4. The summed E-state index contributed by atoms with van der Waals surface area (Å²) in [5.41, 5.74) is 7.49. The summed E-state index contributed by atoms with van der Waals surface area (Å²) in [6, 6.07) is 3.47. The molecule has 0 aliphatic heterocycles. The van der Waals surface area contributed by atoms with E-state index in [0.717, 1.165) is 6.54 Å². The number of nitrogens with two attached hydrogens (primary N) is 1. The summed E-state index contributed by atoms with van der Waals surface area (Å²) in [5, 5.41) is 0. The second kappa shape index (κ2) is 6.34. The van der Waals surface area contributed by atoms with E-state index in [0.29, 0.717) is 28.3 Å². The maximum Gasteiger partial charge on any atom is 0.241 e. The molecule has 0 radical (unpaired) electrons. The van der Waals surface area contributed by atoms with Crippen molar-refractivity contribution in [2.45, 2.75) is 32.6 Å². The van der Waals surface area contributed by atoms with Gasteiger partial charge >= 0.3 is 0 Å². The lowest BCUT2D eigenvalue weighted by Crippen LogP contribution is -2.40. The van der Waals surface area contributed by atoms with Crippen molar-refractivity contribution in [2.24, 2.45) is 5.41 Å². The number of sulfonamides is 1. The normalized spacial score (nSPS) is 12.9. The van der Waals surface area contributed by atoms with Crippen LogP contribution in [0.25, 0.3) is 0 Å². The number of nitrogens with zero attached hydrogens (tertiary/aromatic N) is 1. The number of benzene rings is 1. The van der Waals surface area contributed by atoms with Gasteiger partial charge in [0.2, 0.25) is 10.0 Å². The van der Waals surface area contributed by atoms with Crippen LogP contribution in [0.3, 0.4) is 0 Å². The van der Waals surface area contributed by atoms with Gasteiger partial charge < -0.3 is 10.6 Å². The number of anilines is 1. The van der Waals surface area contributed by atoms with Crippen LogP contribution in [0.15, 0.2) is 17.0 Å². The Balaban J connectivity index is 3.01. The molecule has 3 N–H and O–H groups in total. The van der Waals surface area contributed by atoms with Crippen molar-refractivity contribution >= 4 is 15.7 Å². The molecule has 1 aromatic carbocycles. The quantitative estimate of drug-likeness (QED) is 0.785. The van der Waals surface area contributed by atoms with Crippen LogP contribution in [0.5, 0.6) is 0 Å². The maximum absolute atomic E-state index is 12.6. The Morgan fingerprint density at radius 3 is 2.33 bits per heavy atom. The molecule has 0 amide bonds. The molecule has 0 saturated carbocycles. The fourth-order valence-corrected chi connectivity index (χ4v) is 4.27. The predicted molar refractivity (Wildman–Crippen MR) is 87.9 cm³/mol. The minimum Gasteiger partial charge on any atom is -0.398 e.